The quantitative estimate of drug-likeness (QED) is 0.795. The third-order valence-corrected chi connectivity index (χ3v) is 4.99. The fourth-order valence-electron chi connectivity index (χ4n) is 3.14. The van der Waals surface area contributed by atoms with E-state index < -0.39 is 0 Å². The summed E-state index contributed by atoms with van der Waals surface area (Å²) in [5.41, 5.74) is 2.63. The molecule has 0 radical (unpaired) electrons. The van der Waals surface area contributed by atoms with Crippen LogP contribution in [0.2, 0.25) is 0 Å². The second-order valence-corrected chi connectivity index (χ2v) is 6.43. The minimum atomic E-state index is 0.836. The van der Waals surface area contributed by atoms with Gasteiger partial charge in [0.05, 0.1) is 12.4 Å². The van der Waals surface area contributed by atoms with Crippen molar-refractivity contribution in [2.75, 3.05) is 32.8 Å². The summed E-state index contributed by atoms with van der Waals surface area (Å²) in [6.07, 6.45) is 2.15. The van der Waals surface area contributed by atoms with Crippen molar-refractivity contribution in [1.29, 1.82) is 0 Å². The SMILES string of the molecule is CC1=C(C(=S)N2CCN(Cc3ccccc3)CC2)CCCO1. The van der Waals surface area contributed by atoms with Crippen LogP contribution in [-0.4, -0.2) is 47.6 Å². The fraction of sp³-hybridized carbons (Fsp3) is 0.500. The maximum absolute atomic E-state index is 5.71. The molecule has 0 N–H and O–H groups in total. The van der Waals surface area contributed by atoms with Gasteiger partial charge in [-0.05, 0) is 25.3 Å². The van der Waals surface area contributed by atoms with Crippen LogP contribution in [0.5, 0.6) is 0 Å². The van der Waals surface area contributed by atoms with E-state index in [9.17, 15) is 0 Å². The third-order valence-electron chi connectivity index (χ3n) is 4.48. The van der Waals surface area contributed by atoms with Gasteiger partial charge in [0.1, 0.15) is 4.99 Å². The molecule has 0 spiro atoms. The van der Waals surface area contributed by atoms with Crippen molar-refractivity contribution >= 4 is 17.2 Å². The first-order chi connectivity index (χ1) is 10.7. The standard InChI is InChI=1S/C18H24N2OS/c1-15-17(8-5-13-21-15)18(22)20-11-9-19(10-12-20)14-16-6-3-2-4-7-16/h2-4,6-7H,5,8-14H2,1H3. The first-order valence-corrected chi connectivity index (χ1v) is 8.53. The zero-order valence-electron chi connectivity index (χ0n) is 13.3. The molecule has 2 aliphatic heterocycles. The van der Waals surface area contributed by atoms with Crippen LogP contribution in [0.4, 0.5) is 0 Å². The molecule has 0 amide bonds. The Morgan fingerprint density at radius 1 is 1.14 bits per heavy atom. The summed E-state index contributed by atoms with van der Waals surface area (Å²) in [4.78, 5) is 5.87. The minimum Gasteiger partial charge on any atom is -0.498 e. The average Bonchev–Trinajstić information content (AvgIpc) is 2.56. The second-order valence-electron chi connectivity index (χ2n) is 6.04. The van der Waals surface area contributed by atoms with Crippen molar-refractivity contribution in [3.05, 3.63) is 47.2 Å². The van der Waals surface area contributed by atoms with Crippen LogP contribution >= 0.6 is 12.2 Å². The number of hydrogen-bond donors (Lipinski definition) is 0. The van der Waals surface area contributed by atoms with Crippen molar-refractivity contribution in [2.24, 2.45) is 0 Å². The van der Waals surface area contributed by atoms with Crippen LogP contribution in [0.3, 0.4) is 0 Å². The molecule has 0 aliphatic carbocycles. The van der Waals surface area contributed by atoms with Crippen LogP contribution in [0.15, 0.2) is 41.7 Å². The first kappa shape index (κ1) is 15.5. The smallest absolute Gasteiger partial charge is 0.108 e. The Morgan fingerprint density at radius 3 is 2.55 bits per heavy atom. The Hall–Kier alpha value is -1.39. The number of allylic oxidation sites excluding steroid dienone is 1. The van der Waals surface area contributed by atoms with E-state index in [1.54, 1.807) is 0 Å². The van der Waals surface area contributed by atoms with Gasteiger partial charge in [-0.1, -0.05) is 42.5 Å². The van der Waals surface area contributed by atoms with Crippen LogP contribution in [-0.2, 0) is 11.3 Å². The maximum Gasteiger partial charge on any atom is 0.108 e. The molecule has 0 unspecified atom stereocenters. The predicted octanol–water partition coefficient (Wildman–Crippen LogP) is 3.22. The monoisotopic (exact) mass is 316 g/mol. The minimum absolute atomic E-state index is 0.836. The largest absolute Gasteiger partial charge is 0.498 e. The molecule has 0 saturated carbocycles. The van der Waals surface area contributed by atoms with E-state index in [0.29, 0.717) is 0 Å². The van der Waals surface area contributed by atoms with Crippen molar-refractivity contribution in [1.82, 2.24) is 9.80 Å². The lowest BCUT2D eigenvalue weighted by atomic mass is 10.1. The molecule has 3 rings (SSSR count). The summed E-state index contributed by atoms with van der Waals surface area (Å²) in [6.45, 7) is 8.09. The van der Waals surface area contributed by atoms with Gasteiger partial charge in [-0.2, -0.15) is 0 Å². The van der Waals surface area contributed by atoms with Gasteiger partial charge < -0.3 is 9.64 Å². The van der Waals surface area contributed by atoms with Crippen LogP contribution in [0.25, 0.3) is 0 Å². The van der Waals surface area contributed by atoms with Crippen molar-refractivity contribution in [3.8, 4) is 0 Å². The van der Waals surface area contributed by atoms with Gasteiger partial charge in [-0.25, -0.2) is 0 Å². The summed E-state index contributed by atoms with van der Waals surface area (Å²) in [7, 11) is 0. The van der Waals surface area contributed by atoms with E-state index in [0.717, 1.165) is 62.9 Å². The number of ether oxygens (including phenoxy) is 1. The summed E-state index contributed by atoms with van der Waals surface area (Å²) in [5.74, 6) is 1.03. The Kier molecular flexibility index (Phi) is 5.11. The van der Waals surface area contributed by atoms with E-state index in [2.05, 4.69) is 40.1 Å². The zero-order chi connectivity index (χ0) is 15.4. The molecule has 0 bridgehead atoms. The Balaban J connectivity index is 1.54. The lowest BCUT2D eigenvalue weighted by Crippen LogP contribution is -2.48. The molecule has 1 fully saturated rings. The zero-order valence-corrected chi connectivity index (χ0v) is 14.1. The topological polar surface area (TPSA) is 15.7 Å². The molecule has 22 heavy (non-hydrogen) atoms. The molecule has 2 heterocycles. The summed E-state index contributed by atoms with van der Waals surface area (Å²) < 4.78 is 5.66. The Labute approximate surface area is 138 Å². The molecule has 1 aromatic rings. The van der Waals surface area contributed by atoms with E-state index in [4.69, 9.17) is 17.0 Å². The lowest BCUT2D eigenvalue weighted by molar-refractivity contribution is 0.172. The van der Waals surface area contributed by atoms with Crippen LogP contribution in [0, 0.1) is 0 Å². The van der Waals surface area contributed by atoms with E-state index in [1.165, 1.54) is 11.1 Å². The van der Waals surface area contributed by atoms with Gasteiger partial charge >= 0.3 is 0 Å². The molecule has 0 atom stereocenters. The van der Waals surface area contributed by atoms with Gasteiger partial charge in [-0.15, -0.1) is 0 Å². The first-order valence-electron chi connectivity index (χ1n) is 8.12. The summed E-state index contributed by atoms with van der Waals surface area (Å²) in [6, 6.07) is 10.7. The van der Waals surface area contributed by atoms with Gasteiger partial charge in [-0.3, -0.25) is 4.90 Å². The molecule has 0 aromatic heterocycles. The molecule has 118 valence electrons. The van der Waals surface area contributed by atoms with Crippen LogP contribution < -0.4 is 0 Å². The van der Waals surface area contributed by atoms with Gasteiger partial charge in [0.2, 0.25) is 0 Å². The third kappa shape index (κ3) is 3.68. The summed E-state index contributed by atoms with van der Waals surface area (Å²) in [5, 5.41) is 0. The normalized spacial score (nSPS) is 20.0. The average molecular weight is 316 g/mol. The van der Waals surface area contributed by atoms with E-state index >= 15 is 0 Å². The Morgan fingerprint density at radius 2 is 1.86 bits per heavy atom. The van der Waals surface area contributed by atoms with Gasteiger partial charge in [0, 0.05) is 38.3 Å². The van der Waals surface area contributed by atoms with Gasteiger partial charge in [0.15, 0.2) is 0 Å². The number of hydrogen-bond acceptors (Lipinski definition) is 3. The molecular weight excluding hydrogens is 292 g/mol. The highest BCUT2D eigenvalue weighted by Crippen LogP contribution is 2.22. The second kappa shape index (κ2) is 7.25. The molecule has 1 aromatic carbocycles. The molecule has 4 heteroatoms. The highest BCUT2D eigenvalue weighted by atomic mass is 32.1. The highest BCUT2D eigenvalue weighted by Gasteiger charge is 2.23. The van der Waals surface area contributed by atoms with Crippen LogP contribution in [0.1, 0.15) is 25.3 Å². The number of benzene rings is 1. The fourth-order valence-corrected chi connectivity index (χ4v) is 3.56. The molecule has 2 aliphatic rings. The van der Waals surface area contributed by atoms with E-state index in [1.807, 2.05) is 6.92 Å². The van der Waals surface area contributed by atoms with Crippen molar-refractivity contribution < 1.29 is 4.74 Å². The number of thiocarbonyl (C=S) groups is 1. The summed E-state index contributed by atoms with van der Waals surface area (Å²) >= 11 is 5.71. The van der Waals surface area contributed by atoms with Gasteiger partial charge in [0.25, 0.3) is 0 Å². The lowest BCUT2D eigenvalue weighted by Gasteiger charge is -2.37. The highest BCUT2D eigenvalue weighted by molar-refractivity contribution is 7.80. The Bertz CT molecular complexity index is 547. The van der Waals surface area contributed by atoms with E-state index in [-0.39, 0.29) is 0 Å². The maximum atomic E-state index is 5.71. The molecule has 3 nitrogen and oxygen atoms in total. The number of piperazine rings is 1. The van der Waals surface area contributed by atoms with Crippen molar-refractivity contribution in [3.63, 3.8) is 0 Å². The predicted molar refractivity (Wildman–Crippen MR) is 93.8 cm³/mol. The van der Waals surface area contributed by atoms with Crippen molar-refractivity contribution in [2.45, 2.75) is 26.3 Å². The molecular formula is C18H24N2OS. The number of nitrogens with zero attached hydrogens (tertiary/aromatic N) is 2. The molecule has 1 saturated heterocycles. The number of rotatable bonds is 3.